The van der Waals surface area contributed by atoms with Crippen molar-refractivity contribution in [2.24, 2.45) is 5.73 Å². The highest BCUT2D eigenvalue weighted by atomic mass is 32.2. The molecule has 15 heavy (non-hydrogen) atoms. The van der Waals surface area contributed by atoms with Gasteiger partial charge in [-0.3, -0.25) is 4.79 Å². The molecule has 0 radical (unpaired) electrons. The summed E-state index contributed by atoms with van der Waals surface area (Å²) in [5.74, 6) is 2.26. The van der Waals surface area contributed by atoms with E-state index in [1.807, 2.05) is 0 Å². The van der Waals surface area contributed by atoms with E-state index < -0.39 is 0 Å². The smallest absolute Gasteiger partial charge is 0.255 e. The molecule has 1 aliphatic rings. The maximum absolute atomic E-state index is 11.7. The van der Waals surface area contributed by atoms with Gasteiger partial charge in [0.15, 0.2) is 0 Å². The largest absolute Gasteiger partial charge is 0.321 e. The van der Waals surface area contributed by atoms with Crippen LogP contribution in [-0.2, 0) is 11.5 Å². The van der Waals surface area contributed by atoms with Crippen LogP contribution < -0.4 is 11.3 Å². The molecule has 1 atom stereocenters. The average Bonchev–Trinajstić information content (AvgIpc) is 2.66. The molecule has 0 saturated heterocycles. The molecule has 82 valence electrons. The van der Waals surface area contributed by atoms with Crippen LogP contribution in [0.25, 0.3) is 0 Å². The molecule has 0 bridgehead atoms. The Balaban J connectivity index is 2.35. The maximum atomic E-state index is 11.7. The van der Waals surface area contributed by atoms with Crippen molar-refractivity contribution in [1.82, 2.24) is 9.97 Å². The molecule has 0 spiro atoms. The second-order valence-electron chi connectivity index (χ2n) is 3.76. The fourth-order valence-corrected chi connectivity index (χ4v) is 2.74. The lowest BCUT2D eigenvalue weighted by Gasteiger charge is -2.10. The number of aromatic nitrogens is 2. The minimum absolute atomic E-state index is 0.00782. The van der Waals surface area contributed by atoms with Gasteiger partial charge in [-0.25, -0.2) is 4.98 Å². The molecule has 3 N–H and O–H groups in total. The molecule has 0 fully saturated rings. The molecule has 1 aromatic rings. The summed E-state index contributed by atoms with van der Waals surface area (Å²) >= 11 is 1.73. The summed E-state index contributed by atoms with van der Waals surface area (Å²) in [6, 6.07) is -0.140. The molecular weight excluding hydrogens is 210 g/mol. The maximum Gasteiger partial charge on any atom is 0.255 e. The van der Waals surface area contributed by atoms with E-state index in [-0.39, 0.29) is 11.6 Å². The van der Waals surface area contributed by atoms with Crippen LogP contribution in [0.15, 0.2) is 4.79 Å². The molecule has 0 saturated carbocycles. The number of nitrogens with zero attached hydrogens (tertiary/aromatic N) is 1. The van der Waals surface area contributed by atoms with Crippen LogP contribution in [0.4, 0.5) is 0 Å². The van der Waals surface area contributed by atoms with Gasteiger partial charge < -0.3 is 10.7 Å². The van der Waals surface area contributed by atoms with Crippen LogP contribution in [0.1, 0.15) is 42.9 Å². The van der Waals surface area contributed by atoms with Crippen LogP contribution in [0.2, 0.25) is 0 Å². The molecule has 0 amide bonds. The van der Waals surface area contributed by atoms with Crippen LogP contribution in [0.3, 0.4) is 0 Å². The Morgan fingerprint density at radius 3 is 3.13 bits per heavy atom. The van der Waals surface area contributed by atoms with Gasteiger partial charge in [-0.1, -0.05) is 13.3 Å². The van der Waals surface area contributed by atoms with Crippen molar-refractivity contribution in [2.45, 2.75) is 37.3 Å². The quantitative estimate of drug-likeness (QED) is 0.813. The van der Waals surface area contributed by atoms with Crippen molar-refractivity contribution in [1.29, 1.82) is 0 Å². The first kappa shape index (κ1) is 10.7. The van der Waals surface area contributed by atoms with E-state index in [0.717, 1.165) is 35.6 Å². The zero-order chi connectivity index (χ0) is 10.8. The number of nitrogens with two attached hydrogens (primary N) is 1. The van der Waals surface area contributed by atoms with Crippen molar-refractivity contribution in [2.75, 3.05) is 0 Å². The van der Waals surface area contributed by atoms with Crippen molar-refractivity contribution in [3.8, 4) is 0 Å². The normalized spacial score (nSPS) is 16.4. The molecule has 1 aromatic heterocycles. The summed E-state index contributed by atoms with van der Waals surface area (Å²) in [6.45, 7) is 2.07. The van der Waals surface area contributed by atoms with Crippen LogP contribution in [-0.4, -0.2) is 9.97 Å². The fraction of sp³-hybridized carbons (Fsp3) is 0.600. The molecule has 0 aromatic carbocycles. The van der Waals surface area contributed by atoms with Gasteiger partial charge in [0.2, 0.25) is 0 Å². The average molecular weight is 225 g/mol. The SMILES string of the molecule is CCCC(N)c1nc2c(c(=O)[nH]1)CSC2. The lowest BCUT2D eigenvalue weighted by Crippen LogP contribution is -2.22. The highest BCUT2D eigenvalue weighted by molar-refractivity contribution is 7.98. The number of hydrogen-bond acceptors (Lipinski definition) is 4. The molecule has 2 heterocycles. The minimum Gasteiger partial charge on any atom is -0.321 e. The zero-order valence-corrected chi connectivity index (χ0v) is 9.56. The molecule has 4 nitrogen and oxygen atoms in total. The van der Waals surface area contributed by atoms with E-state index in [0.29, 0.717) is 5.82 Å². The highest BCUT2D eigenvalue weighted by Gasteiger charge is 2.19. The van der Waals surface area contributed by atoms with Gasteiger partial charge in [-0.05, 0) is 6.42 Å². The second kappa shape index (κ2) is 4.37. The number of H-pyrrole nitrogens is 1. The van der Waals surface area contributed by atoms with E-state index in [2.05, 4.69) is 16.9 Å². The molecule has 1 aliphatic heterocycles. The fourth-order valence-electron chi connectivity index (χ4n) is 1.70. The molecule has 2 rings (SSSR count). The first-order valence-corrected chi connectivity index (χ1v) is 6.33. The van der Waals surface area contributed by atoms with Crippen molar-refractivity contribution in [3.63, 3.8) is 0 Å². The third-order valence-electron chi connectivity index (χ3n) is 2.56. The Kier molecular flexibility index (Phi) is 3.11. The van der Waals surface area contributed by atoms with E-state index in [4.69, 9.17) is 5.73 Å². The van der Waals surface area contributed by atoms with E-state index in [1.165, 1.54) is 0 Å². The Morgan fingerprint density at radius 1 is 1.60 bits per heavy atom. The predicted molar refractivity (Wildman–Crippen MR) is 61.7 cm³/mol. The second-order valence-corrected chi connectivity index (χ2v) is 4.75. The standard InChI is InChI=1S/C10H15N3OS/c1-2-3-7(11)9-12-8-5-15-4-6(8)10(14)13-9/h7H,2-5,11H2,1H3,(H,12,13,14). The van der Waals surface area contributed by atoms with E-state index >= 15 is 0 Å². The first-order valence-electron chi connectivity index (χ1n) is 5.17. The Hall–Kier alpha value is -0.810. The summed E-state index contributed by atoms with van der Waals surface area (Å²) in [5.41, 5.74) is 7.67. The van der Waals surface area contributed by atoms with Gasteiger partial charge >= 0.3 is 0 Å². The lowest BCUT2D eigenvalue weighted by molar-refractivity contribution is 0.596. The Morgan fingerprint density at radius 2 is 2.40 bits per heavy atom. The number of nitrogens with one attached hydrogen (secondary N) is 1. The Bertz CT molecular complexity index is 416. The van der Waals surface area contributed by atoms with Crippen molar-refractivity contribution >= 4 is 11.8 Å². The summed E-state index contributed by atoms with van der Waals surface area (Å²) in [7, 11) is 0. The minimum atomic E-state index is -0.140. The van der Waals surface area contributed by atoms with Gasteiger partial charge in [0.25, 0.3) is 5.56 Å². The first-order chi connectivity index (χ1) is 7.22. The molecule has 1 unspecified atom stereocenters. The lowest BCUT2D eigenvalue weighted by atomic mass is 10.1. The number of thioether (sulfide) groups is 1. The number of aromatic amines is 1. The third kappa shape index (κ3) is 2.08. The summed E-state index contributed by atoms with van der Waals surface area (Å²) in [6.07, 6.45) is 1.85. The van der Waals surface area contributed by atoms with Gasteiger partial charge in [-0.2, -0.15) is 11.8 Å². The van der Waals surface area contributed by atoms with Crippen molar-refractivity contribution < 1.29 is 0 Å². The van der Waals surface area contributed by atoms with Gasteiger partial charge in [0.1, 0.15) is 5.82 Å². The molecule has 0 aliphatic carbocycles. The van der Waals surface area contributed by atoms with Crippen LogP contribution >= 0.6 is 11.8 Å². The molecular formula is C10H15N3OS. The third-order valence-corrected chi connectivity index (χ3v) is 3.53. The highest BCUT2D eigenvalue weighted by Crippen LogP contribution is 2.26. The van der Waals surface area contributed by atoms with Crippen LogP contribution in [0.5, 0.6) is 0 Å². The predicted octanol–water partition coefficient (Wildman–Crippen LogP) is 1.32. The van der Waals surface area contributed by atoms with Crippen LogP contribution in [0, 0.1) is 0 Å². The van der Waals surface area contributed by atoms with Gasteiger partial charge in [0.05, 0.1) is 11.7 Å². The summed E-state index contributed by atoms with van der Waals surface area (Å²) in [4.78, 5) is 18.9. The monoisotopic (exact) mass is 225 g/mol. The topological polar surface area (TPSA) is 71.8 Å². The summed E-state index contributed by atoms with van der Waals surface area (Å²) < 4.78 is 0. The number of hydrogen-bond donors (Lipinski definition) is 2. The number of rotatable bonds is 3. The zero-order valence-electron chi connectivity index (χ0n) is 8.75. The summed E-state index contributed by atoms with van der Waals surface area (Å²) in [5, 5.41) is 0. The van der Waals surface area contributed by atoms with Gasteiger partial charge in [-0.15, -0.1) is 0 Å². The Labute approximate surface area is 92.7 Å². The molecule has 5 heteroatoms. The van der Waals surface area contributed by atoms with E-state index in [9.17, 15) is 4.79 Å². The van der Waals surface area contributed by atoms with E-state index in [1.54, 1.807) is 11.8 Å². The van der Waals surface area contributed by atoms with Crippen molar-refractivity contribution in [3.05, 3.63) is 27.4 Å². The van der Waals surface area contributed by atoms with Gasteiger partial charge in [0, 0.05) is 17.1 Å². The number of fused-ring (bicyclic) bond motifs is 1.